The van der Waals surface area contributed by atoms with Crippen molar-refractivity contribution in [2.24, 2.45) is 11.1 Å². The molecule has 1 fully saturated rings. The van der Waals surface area contributed by atoms with Crippen LogP contribution in [0.25, 0.3) is 0 Å². The lowest BCUT2D eigenvalue weighted by Gasteiger charge is -2.38. The zero-order valence-corrected chi connectivity index (χ0v) is 17.4. The molecular weight excluding hydrogens is 372 g/mol. The summed E-state index contributed by atoms with van der Waals surface area (Å²) in [6.45, 7) is 2.03. The van der Waals surface area contributed by atoms with Gasteiger partial charge in [-0.1, -0.05) is 12.1 Å². The molecule has 0 amide bonds. The zero-order valence-electron chi connectivity index (χ0n) is 17.4. The van der Waals surface area contributed by atoms with Crippen molar-refractivity contribution in [1.29, 1.82) is 0 Å². The summed E-state index contributed by atoms with van der Waals surface area (Å²) in [7, 11) is 6.54. The molecule has 7 nitrogen and oxygen atoms in total. The fourth-order valence-corrected chi connectivity index (χ4v) is 3.89. The van der Waals surface area contributed by atoms with Gasteiger partial charge in [0.1, 0.15) is 23.0 Å². The Morgan fingerprint density at radius 3 is 1.93 bits per heavy atom. The molecule has 0 spiro atoms. The second-order valence-electron chi connectivity index (χ2n) is 7.00. The first kappa shape index (κ1) is 20.8. The number of methoxy groups -OCH3 is 4. The van der Waals surface area contributed by atoms with E-state index in [1.54, 1.807) is 28.4 Å². The lowest BCUT2D eigenvalue weighted by molar-refractivity contribution is 0.288. The molecule has 0 saturated carbocycles. The quantitative estimate of drug-likeness (QED) is 0.564. The fourth-order valence-electron chi connectivity index (χ4n) is 3.89. The highest BCUT2D eigenvalue weighted by Gasteiger charge is 2.36. The minimum Gasteiger partial charge on any atom is -0.497 e. The average Bonchev–Trinajstić information content (AvgIpc) is 2.78. The minimum absolute atomic E-state index is 0.0474. The van der Waals surface area contributed by atoms with E-state index in [1.165, 1.54) is 0 Å². The molecular formula is C22H28N2O5. The van der Waals surface area contributed by atoms with E-state index in [-0.39, 0.29) is 18.0 Å². The molecule has 1 aliphatic heterocycles. The summed E-state index contributed by atoms with van der Waals surface area (Å²) in [5.74, 6) is 2.91. The highest BCUT2D eigenvalue weighted by atomic mass is 16.5. The molecule has 29 heavy (non-hydrogen) atoms. The second-order valence-corrected chi connectivity index (χ2v) is 7.00. The molecule has 1 saturated heterocycles. The third kappa shape index (κ3) is 4.10. The number of ether oxygens (including phenoxy) is 4. The molecule has 0 unspecified atom stereocenters. The number of nitrogens with one attached hydrogen (secondary N) is 1. The third-order valence-corrected chi connectivity index (χ3v) is 5.53. The first-order valence-corrected chi connectivity index (χ1v) is 9.47. The first-order chi connectivity index (χ1) is 14.1. The van der Waals surface area contributed by atoms with Crippen molar-refractivity contribution in [3.8, 4) is 23.0 Å². The summed E-state index contributed by atoms with van der Waals surface area (Å²) in [6, 6.07) is 11.1. The highest BCUT2D eigenvalue weighted by molar-refractivity contribution is 5.88. The number of benzene rings is 2. The second kappa shape index (κ2) is 9.05. The Labute approximate surface area is 171 Å². The van der Waals surface area contributed by atoms with Gasteiger partial charge in [-0.05, 0) is 36.4 Å². The van der Waals surface area contributed by atoms with Gasteiger partial charge in [0.2, 0.25) is 0 Å². The van der Waals surface area contributed by atoms with Gasteiger partial charge >= 0.3 is 0 Å². The Balaban J connectivity index is 2.07. The van der Waals surface area contributed by atoms with E-state index in [9.17, 15) is 5.21 Å². The molecule has 2 aromatic carbocycles. The van der Waals surface area contributed by atoms with Crippen LogP contribution in [0.1, 0.15) is 36.6 Å². The lowest BCUT2D eigenvalue weighted by Crippen LogP contribution is -2.41. The molecule has 3 rings (SSSR count). The van der Waals surface area contributed by atoms with E-state index in [0.717, 1.165) is 34.1 Å². The summed E-state index contributed by atoms with van der Waals surface area (Å²) in [5.41, 5.74) is 2.58. The fraction of sp³-hybridized carbons (Fsp3) is 0.409. The molecule has 2 aromatic rings. The number of hydrogen-bond acceptors (Lipinski definition) is 7. The molecule has 1 aliphatic rings. The predicted molar refractivity (Wildman–Crippen MR) is 111 cm³/mol. The van der Waals surface area contributed by atoms with Crippen LogP contribution < -0.4 is 24.3 Å². The van der Waals surface area contributed by atoms with Gasteiger partial charge in [-0.15, -0.1) is 0 Å². The van der Waals surface area contributed by atoms with Crippen molar-refractivity contribution < 1.29 is 24.2 Å². The van der Waals surface area contributed by atoms with Crippen molar-refractivity contribution in [3.05, 3.63) is 47.5 Å². The molecule has 156 valence electrons. The highest BCUT2D eigenvalue weighted by Crippen LogP contribution is 2.42. The van der Waals surface area contributed by atoms with Crippen LogP contribution >= 0.6 is 0 Å². The van der Waals surface area contributed by atoms with E-state index in [2.05, 4.69) is 10.5 Å². The maximum atomic E-state index is 9.69. The Morgan fingerprint density at radius 1 is 0.862 bits per heavy atom. The Morgan fingerprint density at radius 2 is 1.41 bits per heavy atom. The average molecular weight is 400 g/mol. The van der Waals surface area contributed by atoms with Crippen LogP contribution in [0.3, 0.4) is 0 Å². The van der Waals surface area contributed by atoms with Crippen LogP contribution in [0.5, 0.6) is 23.0 Å². The molecule has 0 radical (unpaired) electrons. The van der Waals surface area contributed by atoms with E-state index >= 15 is 0 Å². The number of oxime groups is 1. The topological polar surface area (TPSA) is 81.5 Å². The standard InChI is InChI=1S/C22H28N2O5/c1-13-18(24-25)12-19(16-10-14(26-2)6-8-20(16)28-4)23-22(13)17-11-15(27-3)7-9-21(17)29-5/h6-11,13,19,22-23,25H,12H2,1-5H3/b24-18+/t13-,19+,22+/m1/s1. The van der Waals surface area contributed by atoms with Crippen molar-refractivity contribution in [2.75, 3.05) is 28.4 Å². The summed E-state index contributed by atoms with van der Waals surface area (Å²) in [6.07, 6.45) is 0.546. The summed E-state index contributed by atoms with van der Waals surface area (Å²) in [4.78, 5) is 0. The van der Waals surface area contributed by atoms with Gasteiger partial charge in [0.15, 0.2) is 0 Å². The molecule has 7 heteroatoms. The minimum atomic E-state index is -0.152. The van der Waals surface area contributed by atoms with Gasteiger partial charge in [0.05, 0.1) is 34.2 Å². The van der Waals surface area contributed by atoms with Crippen molar-refractivity contribution in [2.45, 2.75) is 25.4 Å². The zero-order chi connectivity index (χ0) is 21.0. The number of rotatable bonds is 6. The van der Waals surface area contributed by atoms with Crippen molar-refractivity contribution >= 4 is 5.71 Å². The van der Waals surface area contributed by atoms with Gasteiger partial charge < -0.3 is 29.5 Å². The summed E-state index contributed by atoms with van der Waals surface area (Å²) < 4.78 is 22.0. The van der Waals surface area contributed by atoms with Crippen molar-refractivity contribution in [1.82, 2.24) is 5.32 Å². The summed E-state index contributed by atoms with van der Waals surface area (Å²) >= 11 is 0. The molecule has 0 aromatic heterocycles. The Hall–Kier alpha value is -2.93. The van der Waals surface area contributed by atoms with Crippen LogP contribution in [0.4, 0.5) is 0 Å². The Kier molecular flexibility index (Phi) is 6.49. The van der Waals surface area contributed by atoms with E-state index in [0.29, 0.717) is 12.1 Å². The van der Waals surface area contributed by atoms with Crippen LogP contribution in [-0.4, -0.2) is 39.4 Å². The smallest absolute Gasteiger partial charge is 0.123 e. The first-order valence-electron chi connectivity index (χ1n) is 9.47. The van der Waals surface area contributed by atoms with E-state index < -0.39 is 0 Å². The lowest BCUT2D eigenvalue weighted by atomic mass is 9.81. The molecule has 0 bridgehead atoms. The van der Waals surface area contributed by atoms with Gasteiger partial charge in [0, 0.05) is 35.5 Å². The molecule has 3 atom stereocenters. The maximum Gasteiger partial charge on any atom is 0.123 e. The normalized spacial score (nSPS) is 22.9. The van der Waals surface area contributed by atoms with Crippen LogP contribution in [0, 0.1) is 5.92 Å². The van der Waals surface area contributed by atoms with Crippen LogP contribution in [0.2, 0.25) is 0 Å². The third-order valence-electron chi connectivity index (χ3n) is 5.53. The molecule has 1 heterocycles. The van der Waals surface area contributed by atoms with E-state index in [1.807, 2.05) is 43.3 Å². The van der Waals surface area contributed by atoms with E-state index in [4.69, 9.17) is 18.9 Å². The van der Waals surface area contributed by atoms with Gasteiger partial charge in [-0.2, -0.15) is 0 Å². The molecule has 2 N–H and O–H groups in total. The summed E-state index contributed by atoms with van der Waals surface area (Å²) in [5, 5.41) is 17.0. The van der Waals surface area contributed by atoms with Gasteiger partial charge in [0.25, 0.3) is 0 Å². The predicted octanol–water partition coefficient (Wildman–Crippen LogP) is 3.96. The van der Waals surface area contributed by atoms with Gasteiger partial charge in [-0.25, -0.2) is 0 Å². The Bertz CT molecular complexity index is 884. The number of nitrogens with zero attached hydrogens (tertiary/aromatic N) is 1. The maximum absolute atomic E-state index is 9.69. The molecule has 0 aliphatic carbocycles. The van der Waals surface area contributed by atoms with Crippen LogP contribution in [0.15, 0.2) is 41.6 Å². The van der Waals surface area contributed by atoms with Gasteiger partial charge in [-0.3, -0.25) is 0 Å². The monoisotopic (exact) mass is 400 g/mol. The largest absolute Gasteiger partial charge is 0.497 e. The van der Waals surface area contributed by atoms with Crippen LogP contribution in [-0.2, 0) is 0 Å². The number of piperidine rings is 1. The number of hydrogen-bond donors (Lipinski definition) is 2. The SMILES string of the molecule is COc1ccc(OC)c([C@@H]2C/C(=N\O)[C@@H](C)[C@@H](c3cc(OC)ccc3OC)N2)c1. The van der Waals surface area contributed by atoms with Crippen molar-refractivity contribution in [3.63, 3.8) is 0 Å².